The van der Waals surface area contributed by atoms with Gasteiger partial charge in [0.2, 0.25) is 5.83 Å². The van der Waals surface area contributed by atoms with Crippen LogP contribution in [0.15, 0.2) is 30.9 Å². The van der Waals surface area contributed by atoms with E-state index >= 15 is 0 Å². The quantitative estimate of drug-likeness (QED) is 0.172. The summed E-state index contributed by atoms with van der Waals surface area (Å²) in [6.45, 7) is 3.80. The highest BCUT2D eigenvalue weighted by Gasteiger charge is 2.32. The molecule has 0 radical (unpaired) electrons. The first kappa shape index (κ1) is 23.2. The third-order valence-corrected chi connectivity index (χ3v) is 10.8. The molecule has 2 aliphatic rings. The second kappa shape index (κ2) is 10.7. The van der Waals surface area contributed by atoms with Gasteiger partial charge in [-0.05, 0) is 67.6 Å². The summed E-state index contributed by atoms with van der Waals surface area (Å²) in [6, 6.07) is 6.37. The molecule has 2 fully saturated rings. The Morgan fingerprint density at radius 3 is 2.03 bits per heavy atom. The number of benzene rings is 1. The second-order valence-electron chi connectivity index (χ2n) is 9.05. The van der Waals surface area contributed by atoms with Gasteiger partial charge in [-0.25, -0.2) is 13.2 Å². The maximum atomic E-state index is 14.1. The minimum Gasteiger partial charge on any atom is -0.206 e. The molecular formula is C24H31F5Si. The van der Waals surface area contributed by atoms with Gasteiger partial charge >= 0.3 is 6.08 Å². The van der Waals surface area contributed by atoms with Crippen molar-refractivity contribution in [3.63, 3.8) is 0 Å². The average Bonchev–Trinajstić information content (AvgIpc) is 2.74. The van der Waals surface area contributed by atoms with E-state index in [1.807, 2.05) is 6.08 Å². The number of allylic oxidation sites excluding steroid dienone is 1. The van der Waals surface area contributed by atoms with Gasteiger partial charge in [0, 0.05) is 8.80 Å². The summed E-state index contributed by atoms with van der Waals surface area (Å²) in [5.74, 6) is -3.17. The van der Waals surface area contributed by atoms with E-state index in [4.69, 9.17) is 0 Å². The molecule has 0 bridgehead atoms. The Hall–Kier alpha value is -1.43. The highest BCUT2D eigenvalue weighted by atomic mass is 28.3. The molecule has 0 N–H and O–H groups in total. The summed E-state index contributed by atoms with van der Waals surface area (Å²) in [7, 11) is -0.563. The van der Waals surface area contributed by atoms with Crippen molar-refractivity contribution in [1.82, 2.24) is 0 Å². The van der Waals surface area contributed by atoms with E-state index in [-0.39, 0.29) is 5.92 Å². The normalized spacial score (nSPS) is 27.0. The molecule has 1 aliphatic carbocycles. The van der Waals surface area contributed by atoms with Crippen LogP contribution in [0.3, 0.4) is 0 Å². The highest BCUT2D eigenvalue weighted by molar-refractivity contribution is 6.58. The smallest absolute Gasteiger partial charge is 0.206 e. The Kier molecular flexibility index (Phi) is 8.32. The van der Waals surface area contributed by atoms with Crippen molar-refractivity contribution in [2.24, 2.45) is 11.8 Å². The van der Waals surface area contributed by atoms with Crippen LogP contribution in [0.1, 0.15) is 68.4 Å². The average molecular weight is 443 g/mol. The summed E-state index contributed by atoms with van der Waals surface area (Å²) < 4.78 is 66.5. The van der Waals surface area contributed by atoms with Gasteiger partial charge in [-0.1, -0.05) is 43.5 Å². The molecule has 1 heterocycles. The van der Waals surface area contributed by atoms with Gasteiger partial charge in [-0.3, -0.25) is 0 Å². The summed E-state index contributed by atoms with van der Waals surface area (Å²) in [6.07, 6.45) is 8.15. The van der Waals surface area contributed by atoms with Crippen molar-refractivity contribution in [2.75, 3.05) is 0 Å². The zero-order chi connectivity index (χ0) is 21.7. The summed E-state index contributed by atoms with van der Waals surface area (Å²) in [5.41, 5.74) is -0.806. The molecule has 6 heteroatoms. The van der Waals surface area contributed by atoms with Gasteiger partial charge < -0.3 is 0 Å². The monoisotopic (exact) mass is 442 g/mol. The minimum atomic E-state index is -2.71. The molecule has 0 aromatic heterocycles. The Balaban J connectivity index is 1.54. The number of hydrogen-bond donors (Lipinski definition) is 0. The molecular weight excluding hydrogens is 411 g/mol. The Labute approximate surface area is 177 Å². The number of hydrogen-bond acceptors (Lipinski definition) is 0. The van der Waals surface area contributed by atoms with Crippen molar-refractivity contribution in [1.29, 1.82) is 0 Å². The third-order valence-electron chi connectivity index (χ3n) is 7.27. The van der Waals surface area contributed by atoms with Gasteiger partial charge in [0.15, 0.2) is 0 Å². The lowest BCUT2D eigenvalue weighted by molar-refractivity contribution is 0.216. The minimum absolute atomic E-state index is 0.00572. The maximum Gasteiger partial charge on any atom is 0.306 e. The predicted octanol–water partition coefficient (Wildman–Crippen LogP) is 8.38. The molecule has 0 amide bonds. The zero-order valence-corrected chi connectivity index (χ0v) is 18.6. The largest absolute Gasteiger partial charge is 0.306 e. The van der Waals surface area contributed by atoms with Gasteiger partial charge in [-0.15, -0.1) is 6.58 Å². The van der Waals surface area contributed by atoms with E-state index in [9.17, 15) is 22.0 Å². The first-order chi connectivity index (χ1) is 14.4. The van der Waals surface area contributed by atoms with Crippen molar-refractivity contribution in [2.45, 2.75) is 75.4 Å². The summed E-state index contributed by atoms with van der Waals surface area (Å²) in [5, 5.41) is 0. The van der Waals surface area contributed by atoms with Crippen LogP contribution in [-0.4, -0.2) is 8.80 Å². The van der Waals surface area contributed by atoms with Crippen molar-refractivity contribution in [3.05, 3.63) is 53.6 Å². The van der Waals surface area contributed by atoms with E-state index in [0.717, 1.165) is 50.2 Å². The van der Waals surface area contributed by atoms with Crippen molar-refractivity contribution in [3.8, 4) is 0 Å². The zero-order valence-electron chi connectivity index (χ0n) is 17.4. The lowest BCUT2D eigenvalue weighted by atomic mass is 9.72. The number of unbranched alkanes of at least 4 members (excludes halogenated alkanes) is 1. The molecule has 0 unspecified atom stereocenters. The Morgan fingerprint density at radius 1 is 0.933 bits per heavy atom. The first-order valence-corrected chi connectivity index (χ1v) is 13.7. The van der Waals surface area contributed by atoms with Gasteiger partial charge in [0.05, 0.1) is 5.56 Å². The first-order valence-electron chi connectivity index (χ1n) is 11.2. The van der Waals surface area contributed by atoms with Crippen molar-refractivity contribution < 1.29 is 22.0 Å². The predicted molar refractivity (Wildman–Crippen MR) is 115 cm³/mol. The van der Waals surface area contributed by atoms with Crippen LogP contribution in [0.2, 0.25) is 18.1 Å². The highest BCUT2D eigenvalue weighted by Crippen LogP contribution is 2.44. The van der Waals surface area contributed by atoms with Crippen LogP contribution in [0.5, 0.6) is 0 Å². The van der Waals surface area contributed by atoms with E-state index in [1.165, 1.54) is 37.4 Å². The van der Waals surface area contributed by atoms with Crippen LogP contribution in [0.25, 0.3) is 5.83 Å². The molecule has 3 rings (SSSR count). The van der Waals surface area contributed by atoms with E-state index in [2.05, 4.69) is 6.58 Å². The molecule has 0 nitrogen and oxygen atoms in total. The van der Waals surface area contributed by atoms with Crippen LogP contribution in [-0.2, 0) is 0 Å². The molecule has 166 valence electrons. The number of rotatable bonds is 7. The standard InChI is InChI=1S/C24H31F5Si/c1-2-3-4-11-30-12-9-18(10-13-30)16-5-7-17(8-6-16)19-14-20(25)22(21(26)15-19)23(27)24(28)29/h2,14-18,30H,1,3-13H2. The van der Waals surface area contributed by atoms with Crippen LogP contribution < -0.4 is 0 Å². The van der Waals surface area contributed by atoms with Crippen LogP contribution in [0.4, 0.5) is 22.0 Å². The van der Waals surface area contributed by atoms with Crippen LogP contribution in [0, 0.1) is 23.5 Å². The van der Waals surface area contributed by atoms with E-state index in [0.29, 0.717) is 11.5 Å². The maximum absolute atomic E-state index is 14.1. The fourth-order valence-corrected chi connectivity index (χ4v) is 9.03. The van der Waals surface area contributed by atoms with Gasteiger partial charge in [-0.2, -0.15) is 8.78 Å². The van der Waals surface area contributed by atoms with Gasteiger partial charge in [0.1, 0.15) is 11.6 Å². The lowest BCUT2D eigenvalue weighted by Crippen LogP contribution is -2.28. The summed E-state index contributed by atoms with van der Waals surface area (Å²) in [4.78, 5) is 0. The van der Waals surface area contributed by atoms with E-state index < -0.39 is 37.9 Å². The lowest BCUT2D eigenvalue weighted by Gasteiger charge is -2.37. The molecule has 1 aromatic rings. The SMILES string of the molecule is C=CCCC[SiH]1CCC(C2CCC(c3cc(F)c(C(F)=C(F)F)c(F)c3)CC2)CC1. The Morgan fingerprint density at radius 2 is 1.50 bits per heavy atom. The van der Waals surface area contributed by atoms with Crippen LogP contribution >= 0.6 is 0 Å². The molecule has 30 heavy (non-hydrogen) atoms. The summed E-state index contributed by atoms with van der Waals surface area (Å²) >= 11 is 0. The molecule has 1 aromatic carbocycles. The second-order valence-corrected chi connectivity index (χ2v) is 12.5. The number of halogens is 5. The fourth-order valence-electron chi connectivity index (χ4n) is 5.56. The Bertz CT molecular complexity index is 732. The topological polar surface area (TPSA) is 0 Å². The van der Waals surface area contributed by atoms with Crippen molar-refractivity contribution >= 4 is 14.6 Å². The molecule has 0 atom stereocenters. The fraction of sp³-hybridized carbons (Fsp3) is 0.583. The molecule has 0 spiro atoms. The van der Waals surface area contributed by atoms with E-state index in [1.54, 1.807) is 0 Å². The molecule has 1 saturated carbocycles. The molecule has 1 saturated heterocycles. The van der Waals surface area contributed by atoms with Gasteiger partial charge in [0.25, 0.3) is 0 Å². The third kappa shape index (κ3) is 5.62. The molecule has 1 aliphatic heterocycles.